The molecular formula is C31H25ClFN3O3S. The molecule has 0 N–H and O–H groups in total. The standard InChI is InChI=1S/C31H25ClFN3O3S/c32-23-12-9-21(10-13-23)20-36-27-19-22(11-14-29(27)40(39)28-8-4-1-5-24(28)31(36)38)30(37)35-17-15-34(16-18-35)26-7-3-2-6-25(26)33/h1-14,19H,15-18,20H2/t40-/m1/s1. The third kappa shape index (κ3) is 4.89. The second-order valence-electron chi connectivity index (χ2n) is 9.70. The molecule has 9 heteroatoms. The van der Waals surface area contributed by atoms with E-state index in [4.69, 9.17) is 11.6 Å². The Balaban J connectivity index is 1.32. The van der Waals surface area contributed by atoms with Gasteiger partial charge in [-0.25, -0.2) is 8.60 Å². The van der Waals surface area contributed by atoms with Crippen LogP contribution in [0.2, 0.25) is 5.02 Å². The molecule has 0 saturated carbocycles. The lowest BCUT2D eigenvalue weighted by Crippen LogP contribution is -2.49. The zero-order chi connectivity index (χ0) is 27.8. The summed E-state index contributed by atoms with van der Waals surface area (Å²) in [5, 5.41) is 0.584. The molecule has 2 heterocycles. The van der Waals surface area contributed by atoms with Crippen molar-refractivity contribution in [3.05, 3.63) is 119 Å². The van der Waals surface area contributed by atoms with Gasteiger partial charge in [0.2, 0.25) is 0 Å². The third-order valence-corrected chi connectivity index (χ3v) is 9.02. The molecular weight excluding hydrogens is 549 g/mol. The first-order valence-corrected chi connectivity index (χ1v) is 14.4. The number of carbonyl (C=O) groups is 2. The van der Waals surface area contributed by atoms with Crippen LogP contribution in [0.25, 0.3) is 0 Å². The Hall–Kier alpha value is -4.01. The van der Waals surface area contributed by atoms with Crippen molar-refractivity contribution < 1.29 is 18.2 Å². The Labute approximate surface area is 239 Å². The summed E-state index contributed by atoms with van der Waals surface area (Å²) in [6.07, 6.45) is 0. The lowest BCUT2D eigenvalue weighted by Gasteiger charge is -2.36. The largest absolute Gasteiger partial charge is 0.366 e. The number of amides is 2. The van der Waals surface area contributed by atoms with Crippen LogP contribution in [0.4, 0.5) is 15.8 Å². The van der Waals surface area contributed by atoms with Gasteiger partial charge in [0, 0.05) is 36.8 Å². The fourth-order valence-corrected chi connectivity index (χ4v) is 6.64. The molecule has 2 aliphatic heterocycles. The van der Waals surface area contributed by atoms with E-state index in [1.807, 2.05) is 17.0 Å². The highest BCUT2D eigenvalue weighted by molar-refractivity contribution is 7.85. The van der Waals surface area contributed by atoms with Gasteiger partial charge in [-0.2, -0.15) is 0 Å². The van der Waals surface area contributed by atoms with E-state index >= 15 is 0 Å². The molecule has 0 radical (unpaired) electrons. The van der Waals surface area contributed by atoms with Crippen molar-refractivity contribution in [3.8, 4) is 0 Å². The summed E-state index contributed by atoms with van der Waals surface area (Å²) in [6.45, 7) is 2.06. The monoisotopic (exact) mass is 573 g/mol. The van der Waals surface area contributed by atoms with Crippen LogP contribution in [0, 0.1) is 5.82 Å². The molecule has 2 aliphatic rings. The second kappa shape index (κ2) is 10.9. The second-order valence-corrected chi connectivity index (χ2v) is 11.5. The van der Waals surface area contributed by atoms with E-state index in [0.29, 0.717) is 63.5 Å². The topological polar surface area (TPSA) is 60.9 Å². The van der Waals surface area contributed by atoms with Crippen molar-refractivity contribution in [2.24, 2.45) is 0 Å². The molecule has 40 heavy (non-hydrogen) atoms. The lowest BCUT2D eigenvalue weighted by molar-refractivity contribution is 0.0746. The summed E-state index contributed by atoms with van der Waals surface area (Å²) in [4.78, 5) is 33.6. The zero-order valence-corrected chi connectivity index (χ0v) is 23.0. The molecule has 0 aromatic heterocycles. The number of carbonyl (C=O) groups excluding carboxylic acids is 2. The minimum absolute atomic E-state index is 0.192. The molecule has 0 spiro atoms. The fraction of sp³-hybridized carbons (Fsp3) is 0.161. The molecule has 0 unspecified atom stereocenters. The summed E-state index contributed by atoms with van der Waals surface area (Å²) in [5.74, 6) is -0.768. The number of rotatable bonds is 4. The van der Waals surface area contributed by atoms with Gasteiger partial charge in [0.15, 0.2) is 0 Å². The summed E-state index contributed by atoms with van der Waals surface area (Å²) in [6, 6.07) is 25.7. The number of fused-ring (bicyclic) bond motifs is 2. The van der Waals surface area contributed by atoms with Crippen LogP contribution in [-0.4, -0.2) is 47.1 Å². The fourth-order valence-electron chi connectivity index (χ4n) is 5.17. The minimum atomic E-state index is -1.62. The van der Waals surface area contributed by atoms with Crippen molar-refractivity contribution in [2.45, 2.75) is 16.3 Å². The predicted octanol–water partition coefficient (Wildman–Crippen LogP) is 5.77. The van der Waals surface area contributed by atoms with Gasteiger partial charge in [-0.05, 0) is 60.2 Å². The van der Waals surface area contributed by atoms with E-state index in [9.17, 15) is 18.2 Å². The van der Waals surface area contributed by atoms with Gasteiger partial charge in [-0.15, -0.1) is 0 Å². The molecule has 6 nitrogen and oxygen atoms in total. The maximum absolute atomic E-state index is 14.3. The highest BCUT2D eigenvalue weighted by Gasteiger charge is 2.32. The smallest absolute Gasteiger partial charge is 0.259 e. The first-order valence-electron chi connectivity index (χ1n) is 12.9. The Morgan fingerprint density at radius 3 is 2.27 bits per heavy atom. The highest BCUT2D eigenvalue weighted by Crippen LogP contribution is 2.36. The summed E-state index contributed by atoms with van der Waals surface area (Å²) in [7, 11) is -1.62. The zero-order valence-electron chi connectivity index (χ0n) is 21.4. The van der Waals surface area contributed by atoms with Crippen LogP contribution >= 0.6 is 11.6 Å². The van der Waals surface area contributed by atoms with Gasteiger partial charge in [-0.3, -0.25) is 9.59 Å². The number of hydrogen-bond donors (Lipinski definition) is 0. The van der Waals surface area contributed by atoms with Crippen LogP contribution in [0.5, 0.6) is 0 Å². The third-order valence-electron chi connectivity index (χ3n) is 7.27. The quantitative estimate of drug-likeness (QED) is 0.311. The number of nitrogens with zero attached hydrogens (tertiary/aromatic N) is 3. The van der Waals surface area contributed by atoms with Gasteiger partial charge < -0.3 is 14.7 Å². The van der Waals surface area contributed by atoms with Gasteiger partial charge in [0.05, 0.1) is 44.1 Å². The molecule has 1 saturated heterocycles. The maximum atomic E-state index is 14.3. The molecule has 1 atom stereocenters. The van der Waals surface area contributed by atoms with Crippen molar-refractivity contribution in [1.82, 2.24) is 4.90 Å². The van der Waals surface area contributed by atoms with Crippen LogP contribution in [0.15, 0.2) is 101 Å². The van der Waals surface area contributed by atoms with E-state index in [0.717, 1.165) is 5.56 Å². The normalized spacial score (nSPS) is 16.8. The van der Waals surface area contributed by atoms with E-state index in [1.165, 1.54) is 6.07 Å². The van der Waals surface area contributed by atoms with Crippen LogP contribution in [-0.2, 0) is 17.3 Å². The number of halogens is 2. The lowest BCUT2D eigenvalue weighted by atomic mass is 10.1. The number of benzene rings is 4. The van der Waals surface area contributed by atoms with Crippen molar-refractivity contribution in [2.75, 3.05) is 36.0 Å². The van der Waals surface area contributed by atoms with E-state index < -0.39 is 10.8 Å². The maximum Gasteiger partial charge on any atom is 0.259 e. The van der Waals surface area contributed by atoms with E-state index in [1.54, 1.807) is 82.6 Å². The summed E-state index contributed by atoms with van der Waals surface area (Å²) in [5.41, 5.74) is 2.57. The molecule has 4 aromatic rings. The number of piperazine rings is 1. The average Bonchev–Trinajstić information content (AvgIpc) is 3.07. The molecule has 4 aromatic carbocycles. The predicted molar refractivity (Wildman–Crippen MR) is 154 cm³/mol. The van der Waals surface area contributed by atoms with Gasteiger partial charge >= 0.3 is 0 Å². The van der Waals surface area contributed by atoms with Gasteiger partial charge in [0.1, 0.15) is 5.82 Å². The first kappa shape index (κ1) is 26.2. The SMILES string of the molecule is O=C(c1ccc2c(c1)N(Cc1ccc(Cl)cc1)C(=O)c1ccccc1[S@]2=O)N1CCN(c2ccccc2F)CC1. The van der Waals surface area contributed by atoms with Crippen LogP contribution < -0.4 is 9.80 Å². The first-order chi connectivity index (χ1) is 19.4. The Kier molecular flexibility index (Phi) is 7.12. The summed E-state index contributed by atoms with van der Waals surface area (Å²) < 4.78 is 28.0. The number of anilines is 2. The molecule has 0 bridgehead atoms. The van der Waals surface area contributed by atoms with Crippen molar-refractivity contribution in [1.29, 1.82) is 0 Å². The molecule has 202 valence electrons. The molecule has 6 rings (SSSR count). The number of para-hydroxylation sites is 1. The highest BCUT2D eigenvalue weighted by atomic mass is 35.5. The van der Waals surface area contributed by atoms with Crippen molar-refractivity contribution in [3.63, 3.8) is 0 Å². The number of hydrogen-bond acceptors (Lipinski definition) is 4. The van der Waals surface area contributed by atoms with Gasteiger partial charge in [-0.1, -0.05) is 48.0 Å². The summed E-state index contributed by atoms with van der Waals surface area (Å²) >= 11 is 6.07. The average molecular weight is 574 g/mol. The molecule has 2 amide bonds. The Morgan fingerprint density at radius 1 is 0.825 bits per heavy atom. The Bertz CT molecular complexity index is 1640. The van der Waals surface area contributed by atoms with E-state index in [2.05, 4.69) is 0 Å². The van der Waals surface area contributed by atoms with Crippen molar-refractivity contribution >= 4 is 45.6 Å². The minimum Gasteiger partial charge on any atom is -0.366 e. The molecule has 0 aliphatic carbocycles. The van der Waals surface area contributed by atoms with Gasteiger partial charge in [0.25, 0.3) is 11.8 Å². The molecule has 1 fully saturated rings. The Morgan fingerprint density at radius 2 is 1.52 bits per heavy atom. The van der Waals surface area contributed by atoms with E-state index in [-0.39, 0.29) is 24.2 Å². The van der Waals surface area contributed by atoms with Crippen LogP contribution in [0.1, 0.15) is 26.3 Å². The van der Waals surface area contributed by atoms with Crippen LogP contribution in [0.3, 0.4) is 0 Å².